The maximum absolute atomic E-state index is 14.2. The Morgan fingerprint density at radius 3 is 2.56 bits per heavy atom. The van der Waals surface area contributed by atoms with Gasteiger partial charge in [0.05, 0.1) is 18.6 Å². The van der Waals surface area contributed by atoms with Gasteiger partial charge in [0.2, 0.25) is 5.92 Å². The van der Waals surface area contributed by atoms with E-state index < -0.39 is 48.8 Å². The number of ether oxygens (including phenoxy) is 1. The molecule has 0 heterocycles. The molecule has 34 heavy (non-hydrogen) atoms. The summed E-state index contributed by atoms with van der Waals surface area (Å²) in [5, 5.41) is 16.0. The van der Waals surface area contributed by atoms with Gasteiger partial charge in [-0.05, 0) is 48.8 Å². The third-order valence-electron chi connectivity index (χ3n) is 6.32. The van der Waals surface area contributed by atoms with Crippen molar-refractivity contribution in [3.05, 3.63) is 34.3 Å². The highest BCUT2D eigenvalue weighted by atomic mass is 35.5. The Morgan fingerprint density at radius 1 is 1.26 bits per heavy atom. The molecule has 2 unspecified atom stereocenters. The predicted octanol–water partition coefficient (Wildman–Crippen LogP) is 5.19. The highest BCUT2D eigenvalue weighted by Crippen LogP contribution is 2.48. The maximum atomic E-state index is 14.2. The Morgan fingerprint density at radius 2 is 1.97 bits per heavy atom. The van der Waals surface area contributed by atoms with Crippen LogP contribution in [0.1, 0.15) is 70.9 Å². The monoisotopic (exact) mass is 502 g/mol. The van der Waals surface area contributed by atoms with Crippen molar-refractivity contribution in [3.63, 3.8) is 0 Å². The number of halogens is 3. The molecule has 1 saturated carbocycles. The third-order valence-corrected chi connectivity index (χ3v) is 6.67. The van der Waals surface area contributed by atoms with Crippen LogP contribution in [-0.2, 0) is 21.5 Å². The van der Waals surface area contributed by atoms with Gasteiger partial charge in [-0.2, -0.15) is 0 Å². The molecular formula is C25H37ClF2N2O4. The molecule has 1 fully saturated rings. The summed E-state index contributed by atoms with van der Waals surface area (Å²) in [4.78, 5) is 24.3. The van der Waals surface area contributed by atoms with Crippen molar-refractivity contribution in [3.8, 4) is 0 Å². The standard InChI is InChI=1S/C25H37ClF2N2O4/c1-5-34-21(32)9-13-29-22(33)30-25(12-11-24(27,28)15-19(25)16-31)18-7-6-17(20(26)14-18)8-10-23(2,3)4/h6-7,14,19,31H,5,8-13,15-16H2,1-4H3,(H2,29,30,33). The van der Waals surface area contributed by atoms with E-state index in [-0.39, 0.29) is 31.4 Å². The first-order valence-electron chi connectivity index (χ1n) is 11.8. The van der Waals surface area contributed by atoms with Crippen molar-refractivity contribution >= 4 is 23.6 Å². The summed E-state index contributed by atoms with van der Waals surface area (Å²) in [5.74, 6) is -4.29. The molecule has 0 saturated heterocycles. The number of benzene rings is 1. The first kappa shape index (κ1) is 28.3. The molecule has 0 bridgehead atoms. The minimum atomic E-state index is -2.94. The molecule has 1 aromatic rings. The molecular weight excluding hydrogens is 466 g/mol. The molecule has 1 aliphatic carbocycles. The van der Waals surface area contributed by atoms with Gasteiger partial charge >= 0.3 is 12.0 Å². The van der Waals surface area contributed by atoms with E-state index in [0.29, 0.717) is 10.6 Å². The van der Waals surface area contributed by atoms with Gasteiger partial charge in [0, 0.05) is 36.9 Å². The van der Waals surface area contributed by atoms with Gasteiger partial charge in [-0.25, -0.2) is 13.6 Å². The minimum absolute atomic E-state index is 0.00986. The normalized spacial score (nSPS) is 22.2. The lowest BCUT2D eigenvalue weighted by Gasteiger charge is -2.47. The SMILES string of the molecule is CCOC(=O)CCNC(=O)NC1(c2ccc(CCC(C)(C)C)c(Cl)c2)CCC(F)(F)CC1CO. The van der Waals surface area contributed by atoms with Crippen molar-refractivity contribution in [1.29, 1.82) is 0 Å². The van der Waals surface area contributed by atoms with Crippen LogP contribution in [0, 0.1) is 11.3 Å². The fourth-order valence-corrected chi connectivity index (χ4v) is 4.63. The van der Waals surface area contributed by atoms with Crippen molar-refractivity contribution < 1.29 is 28.2 Å². The molecule has 2 amide bonds. The average Bonchev–Trinajstić information content (AvgIpc) is 2.73. The summed E-state index contributed by atoms with van der Waals surface area (Å²) in [6.45, 7) is 7.87. The molecule has 1 aromatic carbocycles. The van der Waals surface area contributed by atoms with Gasteiger partial charge in [-0.3, -0.25) is 4.79 Å². The van der Waals surface area contributed by atoms with Gasteiger partial charge in [-0.1, -0.05) is 44.5 Å². The highest BCUT2D eigenvalue weighted by molar-refractivity contribution is 6.31. The van der Waals surface area contributed by atoms with Crippen molar-refractivity contribution in [2.45, 2.75) is 77.7 Å². The van der Waals surface area contributed by atoms with Crippen LogP contribution < -0.4 is 10.6 Å². The van der Waals surface area contributed by atoms with Gasteiger partial charge in [0.15, 0.2) is 0 Å². The number of amides is 2. The highest BCUT2D eigenvalue weighted by Gasteiger charge is 2.51. The van der Waals surface area contributed by atoms with Crippen molar-refractivity contribution in [1.82, 2.24) is 10.6 Å². The molecule has 3 N–H and O–H groups in total. The third kappa shape index (κ3) is 7.80. The van der Waals surface area contributed by atoms with Crippen LogP contribution in [0.25, 0.3) is 0 Å². The maximum Gasteiger partial charge on any atom is 0.315 e. The quantitative estimate of drug-likeness (QED) is 0.405. The number of nitrogens with one attached hydrogen (secondary N) is 2. The van der Waals surface area contributed by atoms with E-state index in [2.05, 4.69) is 31.4 Å². The molecule has 0 aliphatic heterocycles. The smallest absolute Gasteiger partial charge is 0.315 e. The van der Waals surface area contributed by atoms with Gasteiger partial charge in [0.25, 0.3) is 0 Å². The van der Waals surface area contributed by atoms with Gasteiger partial charge in [0.1, 0.15) is 0 Å². The zero-order chi connectivity index (χ0) is 25.6. The summed E-state index contributed by atoms with van der Waals surface area (Å²) in [5.41, 5.74) is 0.420. The predicted molar refractivity (Wildman–Crippen MR) is 128 cm³/mol. The summed E-state index contributed by atoms with van der Waals surface area (Å²) in [6, 6.07) is 4.77. The van der Waals surface area contributed by atoms with E-state index in [0.717, 1.165) is 18.4 Å². The Bertz CT molecular complexity index is 860. The molecule has 9 heteroatoms. The number of urea groups is 1. The Kier molecular flexibility index (Phi) is 9.71. The first-order chi connectivity index (χ1) is 15.8. The fourth-order valence-electron chi connectivity index (χ4n) is 4.35. The lowest BCUT2D eigenvalue weighted by Crippen LogP contribution is -2.58. The van der Waals surface area contributed by atoms with E-state index in [9.17, 15) is 23.5 Å². The van der Waals surface area contributed by atoms with E-state index >= 15 is 0 Å². The molecule has 192 valence electrons. The molecule has 6 nitrogen and oxygen atoms in total. The molecule has 1 aliphatic rings. The largest absolute Gasteiger partial charge is 0.466 e. The van der Waals surface area contributed by atoms with Crippen LogP contribution in [0.15, 0.2) is 18.2 Å². The van der Waals surface area contributed by atoms with Crippen LogP contribution in [-0.4, -0.2) is 42.8 Å². The average molecular weight is 503 g/mol. The number of aliphatic hydroxyl groups is 1. The van der Waals surface area contributed by atoms with E-state index in [1.54, 1.807) is 19.1 Å². The summed E-state index contributed by atoms with van der Waals surface area (Å²) >= 11 is 6.58. The molecule has 0 radical (unpaired) electrons. The number of rotatable bonds is 9. The van der Waals surface area contributed by atoms with E-state index in [4.69, 9.17) is 16.3 Å². The second-order valence-electron chi connectivity index (χ2n) is 10.2. The van der Waals surface area contributed by atoms with Crippen LogP contribution >= 0.6 is 11.6 Å². The van der Waals surface area contributed by atoms with Gasteiger partial charge in [-0.15, -0.1) is 0 Å². The van der Waals surface area contributed by atoms with Crippen molar-refractivity contribution in [2.24, 2.45) is 11.3 Å². The Labute approximate surface area is 205 Å². The summed E-state index contributed by atoms with van der Waals surface area (Å²) in [6.07, 6.45) is 0.618. The number of alkyl halides is 2. The molecule has 0 spiro atoms. The van der Waals surface area contributed by atoms with Crippen molar-refractivity contribution in [2.75, 3.05) is 19.8 Å². The lowest BCUT2D eigenvalue weighted by atomic mass is 9.67. The van der Waals surface area contributed by atoms with Crippen LogP contribution in [0.2, 0.25) is 5.02 Å². The zero-order valence-corrected chi connectivity index (χ0v) is 21.2. The number of hydrogen-bond donors (Lipinski definition) is 3. The first-order valence-corrected chi connectivity index (χ1v) is 12.2. The second-order valence-corrected chi connectivity index (χ2v) is 10.6. The molecule has 0 aromatic heterocycles. The lowest BCUT2D eigenvalue weighted by molar-refractivity contribution is -0.142. The number of carbonyl (C=O) groups excluding carboxylic acids is 2. The number of hydrogen-bond acceptors (Lipinski definition) is 4. The second kappa shape index (κ2) is 11.7. The fraction of sp³-hybridized carbons (Fsp3) is 0.680. The van der Waals surface area contributed by atoms with Crippen LogP contribution in [0.5, 0.6) is 0 Å². The van der Waals surface area contributed by atoms with E-state index in [1.165, 1.54) is 0 Å². The number of esters is 1. The topological polar surface area (TPSA) is 87.7 Å². The minimum Gasteiger partial charge on any atom is -0.466 e. The van der Waals surface area contributed by atoms with E-state index in [1.807, 2.05) is 6.07 Å². The number of carbonyl (C=O) groups is 2. The number of aliphatic hydroxyl groups excluding tert-OH is 1. The Hall–Kier alpha value is -1.93. The summed E-state index contributed by atoms with van der Waals surface area (Å²) in [7, 11) is 0. The van der Waals surface area contributed by atoms with Gasteiger partial charge < -0.3 is 20.5 Å². The van der Waals surface area contributed by atoms with Crippen LogP contribution in [0.4, 0.5) is 13.6 Å². The van der Waals surface area contributed by atoms with Crippen LogP contribution in [0.3, 0.4) is 0 Å². The Balaban J connectivity index is 2.29. The zero-order valence-electron chi connectivity index (χ0n) is 20.5. The molecule has 2 atom stereocenters. The number of aryl methyl sites for hydroxylation is 1. The summed E-state index contributed by atoms with van der Waals surface area (Å²) < 4.78 is 33.3. The molecule has 2 rings (SSSR count).